The first-order valence-corrected chi connectivity index (χ1v) is 9.32. The van der Waals surface area contributed by atoms with E-state index in [0.717, 1.165) is 10.5 Å². The summed E-state index contributed by atoms with van der Waals surface area (Å²) in [6.45, 7) is 1.85. The summed E-state index contributed by atoms with van der Waals surface area (Å²) >= 11 is 1.54. The third-order valence-corrected chi connectivity index (χ3v) is 6.11. The Morgan fingerprint density at radius 1 is 1.19 bits per heavy atom. The number of esters is 1. The predicted molar refractivity (Wildman–Crippen MR) is 103 cm³/mol. The molecule has 1 heterocycles. The molecule has 2 aromatic rings. The SMILES string of the molecule is CC=C=CCC1(C(=O)OC)C(=O)c2ccccc2SC1c1ccccc1. The molecule has 3 nitrogen and oxygen atoms in total. The number of carbonyl (C=O) groups excluding carboxylic acids is 2. The molecule has 0 N–H and O–H groups in total. The van der Waals surface area contributed by atoms with Crippen LogP contribution in [0.25, 0.3) is 0 Å². The molecule has 1 aliphatic rings. The van der Waals surface area contributed by atoms with Gasteiger partial charge in [-0.05, 0) is 37.1 Å². The van der Waals surface area contributed by atoms with Crippen LogP contribution in [0.15, 0.2) is 77.4 Å². The first-order chi connectivity index (χ1) is 12.6. The van der Waals surface area contributed by atoms with E-state index in [-0.39, 0.29) is 17.5 Å². The van der Waals surface area contributed by atoms with E-state index in [1.54, 1.807) is 30.0 Å². The standard InChI is InChI=1S/C22H20O3S/c1-3-4-10-15-22(21(24)25-2)19(23)17-13-8-9-14-18(17)26-20(22)16-11-6-5-7-12-16/h3,5-14,20H,15H2,1-2H3. The van der Waals surface area contributed by atoms with Crippen molar-refractivity contribution in [1.29, 1.82) is 0 Å². The molecular formula is C22H20O3S. The zero-order chi connectivity index (χ0) is 18.6. The second kappa shape index (κ2) is 7.77. The minimum absolute atomic E-state index is 0.193. The van der Waals surface area contributed by atoms with Crippen molar-refractivity contribution in [3.8, 4) is 0 Å². The molecule has 4 heteroatoms. The summed E-state index contributed by atoms with van der Waals surface area (Å²) in [6, 6.07) is 17.1. The average molecular weight is 364 g/mol. The molecule has 0 radical (unpaired) electrons. The number of thioether (sulfide) groups is 1. The smallest absolute Gasteiger partial charge is 0.321 e. The van der Waals surface area contributed by atoms with E-state index in [4.69, 9.17) is 4.74 Å². The van der Waals surface area contributed by atoms with E-state index in [1.165, 1.54) is 7.11 Å². The number of allylic oxidation sites excluding steroid dienone is 1. The van der Waals surface area contributed by atoms with Crippen LogP contribution in [0.3, 0.4) is 0 Å². The largest absolute Gasteiger partial charge is 0.468 e. The molecule has 0 fully saturated rings. The molecule has 0 bridgehead atoms. The molecule has 0 aliphatic carbocycles. The number of methoxy groups -OCH3 is 1. The number of hydrogen-bond acceptors (Lipinski definition) is 4. The van der Waals surface area contributed by atoms with E-state index < -0.39 is 11.4 Å². The Balaban J connectivity index is 2.25. The Hall–Kier alpha value is -2.55. The fraction of sp³-hybridized carbons (Fsp3) is 0.227. The number of fused-ring (bicyclic) bond motifs is 1. The van der Waals surface area contributed by atoms with Gasteiger partial charge in [-0.3, -0.25) is 9.59 Å². The Kier molecular flexibility index (Phi) is 5.46. The van der Waals surface area contributed by atoms with E-state index in [9.17, 15) is 9.59 Å². The Labute approximate surface area is 157 Å². The molecular weight excluding hydrogens is 344 g/mol. The normalized spacial score (nSPS) is 21.3. The molecule has 2 aromatic carbocycles. The Morgan fingerprint density at radius 3 is 2.58 bits per heavy atom. The summed E-state index contributed by atoms with van der Waals surface area (Å²) in [5.74, 6) is -0.700. The summed E-state index contributed by atoms with van der Waals surface area (Å²) in [5.41, 5.74) is 3.19. The number of ether oxygens (including phenoxy) is 1. The van der Waals surface area contributed by atoms with Crippen LogP contribution in [-0.2, 0) is 9.53 Å². The summed E-state index contributed by atoms with van der Waals surface area (Å²) in [7, 11) is 1.34. The third-order valence-electron chi connectivity index (χ3n) is 4.59. The first-order valence-electron chi connectivity index (χ1n) is 8.44. The van der Waals surface area contributed by atoms with Gasteiger partial charge >= 0.3 is 5.97 Å². The summed E-state index contributed by atoms with van der Waals surface area (Å²) in [5, 5.41) is -0.367. The number of rotatable bonds is 4. The lowest BCUT2D eigenvalue weighted by atomic mass is 9.72. The molecule has 26 heavy (non-hydrogen) atoms. The molecule has 1 aliphatic heterocycles. The third kappa shape index (κ3) is 3.03. The van der Waals surface area contributed by atoms with Crippen LogP contribution in [0.2, 0.25) is 0 Å². The molecule has 2 unspecified atom stereocenters. The molecule has 2 atom stereocenters. The number of hydrogen-bond donors (Lipinski definition) is 0. The van der Waals surface area contributed by atoms with E-state index in [0.29, 0.717) is 5.56 Å². The molecule has 0 amide bonds. The van der Waals surface area contributed by atoms with Gasteiger partial charge in [-0.15, -0.1) is 17.5 Å². The minimum Gasteiger partial charge on any atom is -0.468 e. The highest BCUT2D eigenvalue weighted by Crippen LogP contribution is 2.56. The lowest BCUT2D eigenvalue weighted by molar-refractivity contribution is -0.149. The van der Waals surface area contributed by atoms with Gasteiger partial charge in [0.25, 0.3) is 0 Å². The highest BCUT2D eigenvalue weighted by molar-refractivity contribution is 7.99. The van der Waals surface area contributed by atoms with E-state index >= 15 is 0 Å². The van der Waals surface area contributed by atoms with Crippen molar-refractivity contribution in [2.24, 2.45) is 5.41 Å². The van der Waals surface area contributed by atoms with Crippen molar-refractivity contribution in [3.05, 3.63) is 83.6 Å². The van der Waals surface area contributed by atoms with Crippen molar-refractivity contribution in [2.45, 2.75) is 23.5 Å². The fourth-order valence-corrected chi connectivity index (χ4v) is 4.82. The number of Topliss-reactive ketones (excluding diaryl/α,β-unsaturated/α-hetero) is 1. The van der Waals surface area contributed by atoms with Crippen molar-refractivity contribution in [3.63, 3.8) is 0 Å². The molecule has 132 valence electrons. The van der Waals surface area contributed by atoms with Gasteiger partial charge in [0.2, 0.25) is 0 Å². The van der Waals surface area contributed by atoms with Gasteiger partial charge in [0.05, 0.1) is 12.4 Å². The zero-order valence-corrected chi connectivity index (χ0v) is 15.6. The van der Waals surface area contributed by atoms with Crippen LogP contribution in [0, 0.1) is 5.41 Å². The maximum Gasteiger partial charge on any atom is 0.321 e. The average Bonchev–Trinajstić information content (AvgIpc) is 2.69. The number of ketones is 1. The van der Waals surface area contributed by atoms with Crippen LogP contribution >= 0.6 is 11.8 Å². The molecule has 0 saturated carbocycles. The van der Waals surface area contributed by atoms with Gasteiger partial charge in [-0.25, -0.2) is 0 Å². The predicted octanol–water partition coefficient (Wildman–Crippen LogP) is 5.00. The van der Waals surface area contributed by atoms with Gasteiger partial charge in [0.1, 0.15) is 0 Å². The van der Waals surface area contributed by atoms with Crippen LogP contribution in [0.4, 0.5) is 0 Å². The van der Waals surface area contributed by atoms with Crippen LogP contribution in [-0.4, -0.2) is 18.9 Å². The quantitative estimate of drug-likeness (QED) is 0.435. The van der Waals surface area contributed by atoms with Crippen LogP contribution in [0.1, 0.15) is 34.5 Å². The van der Waals surface area contributed by atoms with Gasteiger partial charge < -0.3 is 4.74 Å². The van der Waals surface area contributed by atoms with E-state index in [1.807, 2.05) is 55.5 Å². The monoisotopic (exact) mass is 364 g/mol. The molecule has 0 saturated heterocycles. The van der Waals surface area contributed by atoms with Crippen LogP contribution < -0.4 is 0 Å². The van der Waals surface area contributed by atoms with Crippen LogP contribution in [0.5, 0.6) is 0 Å². The van der Waals surface area contributed by atoms with Gasteiger partial charge in [-0.1, -0.05) is 48.5 Å². The topological polar surface area (TPSA) is 43.4 Å². The van der Waals surface area contributed by atoms with Crippen molar-refractivity contribution in [1.82, 2.24) is 0 Å². The lowest BCUT2D eigenvalue weighted by Gasteiger charge is -2.40. The van der Waals surface area contributed by atoms with Crippen molar-refractivity contribution in [2.75, 3.05) is 7.11 Å². The minimum atomic E-state index is -1.31. The van der Waals surface area contributed by atoms with Gasteiger partial charge in [0, 0.05) is 10.5 Å². The fourth-order valence-electron chi connectivity index (χ4n) is 3.33. The highest BCUT2D eigenvalue weighted by atomic mass is 32.2. The number of benzene rings is 2. The van der Waals surface area contributed by atoms with E-state index in [2.05, 4.69) is 5.73 Å². The van der Waals surface area contributed by atoms with Gasteiger partial charge in [-0.2, -0.15) is 0 Å². The lowest BCUT2D eigenvalue weighted by Crippen LogP contribution is -2.46. The van der Waals surface area contributed by atoms with Crippen molar-refractivity contribution >= 4 is 23.5 Å². The maximum absolute atomic E-state index is 13.5. The first kappa shape index (κ1) is 18.2. The second-order valence-electron chi connectivity index (χ2n) is 6.06. The second-order valence-corrected chi connectivity index (χ2v) is 7.21. The van der Waals surface area contributed by atoms with Crippen molar-refractivity contribution < 1.29 is 14.3 Å². The summed E-state index contributed by atoms with van der Waals surface area (Å²) < 4.78 is 5.13. The number of carbonyl (C=O) groups is 2. The molecule has 0 aromatic heterocycles. The Bertz CT molecular complexity index is 881. The molecule has 0 spiro atoms. The maximum atomic E-state index is 13.5. The zero-order valence-electron chi connectivity index (χ0n) is 14.8. The summed E-state index contributed by atoms with van der Waals surface area (Å²) in [6.07, 6.45) is 3.75. The summed E-state index contributed by atoms with van der Waals surface area (Å²) in [4.78, 5) is 27.4. The Morgan fingerprint density at radius 2 is 1.88 bits per heavy atom. The molecule has 3 rings (SSSR count). The van der Waals surface area contributed by atoms with Gasteiger partial charge in [0.15, 0.2) is 11.2 Å². The highest BCUT2D eigenvalue weighted by Gasteiger charge is 2.56.